The van der Waals surface area contributed by atoms with Gasteiger partial charge in [-0.05, 0) is 37.1 Å². The average Bonchev–Trinajstić information content (AvgIpc) is 2.35. The van der Waals surface area contributed by atoms with Gasteiger partial charge in [0.25, 0.3) is 0 Å². The quantitative estimate of drug-likeness (QED) is 0.896. The molecule has 4 heteroatoms. The molecule has 1 aliphatic rings. The Morgan fingerprint density at radius 1 is 1.47 bits per heavy atom. The Kier molecular flexibility index (Phi) is 4.37. The highest BCUT2D eigenvalue weighted by Gasteiger charge is 2.18. The van der Waals surface area contributed by atoms with Gasteiger partial charge in [-0.3, -0.25) is 0 Å². The third-order valence-electron chi connectivity index (χ3n) is 3.16. The first-order valence-corrected chi connectivity index (χ1v) is 6.30. The van der Waals surface area contributed by atoms with Gasteiger partial charge >= 0.3 is 0 Å². The van der Waals surface area contributed by atoms with Crippen LogP contribution in [0.2, 0.25) is 5.02 Å². The average molecular weight is 258 g/mol. The topological polar surface area (TPSA) is 21.3 Å². The van der Waals surface area contributed by atoms with E-state index < -0.39 is 0 Å². The molecule has 1 N–H and O–H groups in total. The maximum Gasteiger partial charge on any atom is 0.130 e. The van der Waals surface area contributed by atoms with E-state index in [0.717, 1.165) is 18.5 Å². The van der Waals surface area contributed by atoms with Crippen molar-refractivity contribution in [3.8, 4) is 0 Å². The summed E-state index contributed by atoms with van der Waals surface area (Å²) in [4.78, 5) is 0. The molecule has 0 radical (unpaired) electrons. The highest BCUT2D eigenvalue weighted by atomic mass is 35.5. The van der Waals surface area contributed by atoms with Crippen molar-refractivity contribution in [1.82, 2.24) is 5.32 Å². The Labute approximate surface area is 106 Å². The molecule has 17 heavy (non-hydrogen) atoms. The van der Waals surface area contributed by atoms with Crippen molar-refractivity contribution in [1.29, 1.82) is 0 Å². The Hall–Kier alpha value is -0.640. The molecule has 1 heterocycles. The summed E-state index contributed by atoms with van der Waals surface area (Å²) in [5.74, 6) is -0.276. The molecule has 1 aromatic rings. The summed E-state index contributed by atoms with van der Waals surface area (Å²) in [5.41, 5.74) is 1.38. The van der Waals surface area contributed by atoms with Crippen molar-refractivity contribution in [3.63, 3.8) is 0 Å². The highest BCUT2D eigenvalue weighted by molar-refractivity contribution is 6.31. The molecule has 1 saturated heterocycles. The van der Waals surface area contributed by atoms with E-state index in [4.69, 9.17) is 16.3 Å². The lowest BCUT2D eigenvalue weighted by Gasteiger charge is -2.24. The molecule has 1 unspecified atom stereocenters. The molecule has 0 spiro atoms. The van der Waals surface area contributed by atoms with Crippen LogP contribution in [0.25, 0.3) is 0 Å². The predicted molar refractivity (Wildman–Crippen MR) is 66.7 cm³/mol. The van der Waals surface area contributed by atoms with Gasteiger partial charge in [-0.15, -0.1) is 0 Å². The Morgan fingerprint density at radius 3 is 2.88 bits per heavy atom. The van der Waals surface area contributed by atoms with E-state index in [0.29, 0.717) is 10.6 Å². The Morgan fingerprint density at radius 2 is 2.29 bits per heavy atom. The smallest absolute Gasteiger partial charge is 0.130 e. The zero-order valence-corrected chi connectivity index (χ0v) is 10.7. The zero-order chi connectivity index (χ0) is 12.3. The molecule has 0 amide bonds. The fourth-order valence-corrected chi connectivity index (χ4v) is 2.51. The van der Waals surface area contributed by atoms with Crippen LogP contribution in [0.4, 0.5) is 4.39 Å². The minimum Gasteiger partial charge on any atom is -0.380 e. The fourth-order valence-electron chi connectivity index (χ4n) is 2.24. The van der Waals surface area contributed by atoms with Gasteiger partial charge in [-0.25, -0.2) is 4.39 Å². The maximum absolute atomic E-state index is 13.9. The van der Waals surface area contributed by atoms with Crippen LogP contribution in [-0.4, -0.2) is 13.7 Å². The Bertz CT molecular complexity index is 368. The molecular formula is C13H17ClFNO. The molecule has 2 nitrogen and oxygen atoms in total. The van der Waals surface area contributed by atoms with Gasteiger partial charge in [0.1, 0.15) is 5.82 Å². The molecular weight excluding hydrogens is 241 g/mol. The third kappa shape index (κ3) is 2.97. The van der Waals surface area contributed by atoms with Crippen LogP contribution >= 0.6 is 11.6 Å². The van der Waals surface area contributed by atoms with Crippen molar-refractivity contribution >= 4 is 11.6 Å². The fraction of sp³-hybridized carbons (Fsp3) is 0.538. The number of hydrogen-bond acceptors (Lipinski definition) is 2. The molecule has 0 saturated carbocycles. The third-order valence-corrected chi connectivity index (χ3v) is 3.50. The van der Waals surface area contributed by atoms with Crippen molar-refractivity contribution in [2.45, 2.75) is 31.9 Å². The minimum absolute atomic E-state index is 0.211. The number of benzene rings is 1. The SMILES string of the molecule is COCc1c(F)cc(C2CCCCN2)cc1Cl. The molecule has 94 valence electrons. The van der Waals surface area contributed by atoms with Crippen molar-refractivity contribution < 1.29 is 9.13 Å². The van der Waals surface area contributed by atoms with E-state index in [-0.39, 0.29) is 18.5 Å². The summed E-state index contributed by atoms with van der Waals surface area (Å²) in [6, 6.07) is 3.65. The van der Waals surface area contributed by atoms with Crippen LogP contribution < -0.4 is 5.32 Å². The second-order valence-electron chi connectivity index (χ2n) is 4.40. The van der Waals surface area contributed by atoms with E-state index in [2.05, 4.69) is 5.32 Å². The van der Waals surface area contributed by atoms with E-state index in [1.807, 2.05) is 6.07 Å². The van der Waals surface area contributed by atoms with E-state index in [1.54, 1.807) is 6.07 Å². The second-order valence-corrected chi connectivity index (χ2v) is 4.81. The molecule has 1 atom stereocenters. The van der Waals surface area contributed by atoms with Gasteiger partial charge in [-0.2, -0.15) is 0 Å². The number of hydrogen-bond donors (Lipinski definition) is 1. The van der Waals surface area contributed by atoms with E-state index in [1.165, 1.54) is 20.0 Å². The summed E-state index contributed by atoms with van der Waals surface area (Å²) in [7, 11) is 1.53. The predicted octanol–water partition coefficient (Wildman–Crippen LogP) is 3.44. The lowest BCUT2D eigenvalue weighted by Crippen LogP contribution is -2.26. The lowest BCUT2D eigenvalue weighted by molar-refractivity contribution is 0.181. The molecule has 0 aliphatic carbocycles. The Balaban J connectivity index is 2.24. The first-order chi connectivity index (χ1) is 8.22. The number of piperidine rings is 1. The second kappa shape index (κ2) is 5.80. The number of methoxy groups -OCH3 is 1. The number of nitrogens with one attached hydrogen (secondary N) is 1. The number of ether oxygens (including phenoxy) is 1. The van der Waals surface area contributed by atoms with Crippen LogP contribution in [0, 0.1) is 5.82 Å². The summed E-state index contributed by atoms with van der Waals surface area (Å²) in [5, 5.41) is 3.84. The van der Waals surface area contributed by atoms with Crippen molar-refractivity contribution in [3.05, 3.63) is 34.1 Å². The van der Waals surface area contributed by atoms with Gasteiger partial charge in [-0.1, -0.05) is 18.0 Å². The van der Waals surface area contributed by atoms with Crippen LogP contribution in [-0.2, 0) is 11.3 Å². The molecule has 1 fully saturated rings. The summed E-state index contributed by atoms with van der Waals surface area (Å²) in [6.07, 6.45) is 3.41. The first-order valence-electron chi connectivity index (χ1n) is 5.92. The lowest BCUT2D eigenvalue weighted by atomic mass is 9.96. The normalized spacial score (nSPS) is 20.5. The van der Waals surface area contributed by atoms with Crippen LogP contribution in [0.3, 0.4) is 0 Å². The molecule has 2 rings (SSSR count). The standard InChI is InChI=1S/C13H17ClFNO/c1-17-8-10-11(14)6-9(7-12(10)15)13-4-2-3-5-16-13/h6-7,13,16H,2-5,8H2,1H3. The first kappa shape index (κ1) is 12.8. The van der Waals surface area contributed by atoms with E-state index in [9.17, 15) is 4.39 Å². The van der Waals surface area contributed by atoms with Gasteiger partial charge in [0.15, 0.2) is 0 Å². The van der Waals surface area contributed by atoms with Gasteiger partial charge in [0, 0.05) is 23.7 Å². The summed E-state index contributed by atoms with van der Waals surface area (Å²) >= 11 is 6.08. The molecule has 0 bridgehead atoms. The monoisotopic (exact) mass is 257 g/mol. The molecule has 0 aromatic heterocycles. The van der Waals surface area contributed by atoms with Gasteiger partial charge in [0.2, 0.25) is 0 Å². The number of halogens is 2. The molecule has 1 aromatic carbocycles. The van der Waals surface area contributed by atoms with Gasteiger partial charge in [0.05, 0.1) is 6.61 Å². The summed E-state index contributed by atoms with van der Waals surface area (Å²) in [6.45, 7) is 1.20. The van der Waals surface area contributed by atoms with Gasteiger partial charge < -0.3 is 10.1 Å². The van der Waals surface area contributed by atoms with Crippen molar-refractivity contribution in [2.75, 3.05) is 13.7 Å². The molecule has 1 aliphatic heterocycles. The minimum atomic E-state index is -0.276. The largest absolute Gasteiger partial charge is 0.380 e. The zero-order valence-electron chi connectivity index (χ0n) is 9.93. The van der Waals surface area contributed by atoms with E-state index >= 15 is 0 Å². The van der Waals surface area contributed by atoms with Crippen LogP contribution in [0.1, 0.15) is 36.4 Å². The highest BCUT2D eigenvalue weighted by Crippen LogP contribution is 2.29. The summed E-state index contributed by atoms with van der Waals surface area (Å²) < 4.78 is 18.8. The number of rotatable bonds is 3. The van der Waals surface area contributed by atoms with Crippen LogP contribution in [0.15, 0.2) is 12.1 Å². The van der Waals surface area contributed by atoms with Crippen molar-refractivity contribution in [2.24, 2.45) is 0 Å². The van der Waals surface area contributed by atoms with Crippen LogP contribution in [0.5, 0.6) is 0 Å². The maximum atomic E-state index is 13.9.